The first-order chi connectivity index (χ1) is 10.5. The van der Waals surface area contributed by atoms with Crippen LogP contribution < -0.4 is 4.90 Å². The van der Waals surface area contributed by atoms with Crippen LogP contribution in [0.5, 0.6) is 5.75 Å². The number of phenolic OH excluding ortho intramolecular Hbond substituents is 1. The van der Waals surface area contributed by atoms with Gasteiger partial charge in [0.15, 0.2) is 4.32 Å². The normalized spacial score (nSPS) is 16.6. The standard InChI is InChI=1S/C16H10ClNO2S2/c17-11-3-5-12(6-4-11)18-15(20)14(22-16(18)21)9-10-1-7-13(19)8-2-10/h1-9,19H/b14-9-. The van der Waals surface area contributed by atoms with Crippen LogP contribution in [0.3, 0.4) is 0 Å². The zero-order valence-electron chi connectivity index (χ0n) is 11.2. The SMILES string of the molecule is O=C1/C(=C/c2ccc(O)cc2)SC(=S)N1c1ccc(Cl)cc1. The highest BCUT2D eigenvalue weighted by atomic mass is 35.5. The lowest BCUT2D eigenvalue weighted by atomic mass is 10.2. The van der Waals surface area contributed by atoms with Crippen LogP contribution in [0, 0.1) is 0 Å². The molecule has 1 amide bonds. The van der Waals surface area contributed by atoms with E-state index in [0.717, 1.165) is 5.56 Å². The predicted octanol–water partition coefficient (Wildman–Crippen LogP) is 4.45. The lowest BCUT2D eigenvalue weighted by molar-refractivity contribution is -0.113. The molecule has 3 rings (SSSR count). The Hall–Kier alpha value is -1.82. The van der Waals surface area contributed by atoms with Gasteiger partial charge in [0, 0.05) is 5.02 Å². The van der Waals surface area contributed by atoms with Crippen molar-refractivity contribution >= 4 is 57.6 Å². The fourth-order valence-corrected chi connectivity index (χ4v) is 3.43. The molecule has 0 spiro atoms. The molecule has 2 aromatic rings. The van der Waals surface area contributed by atoms with E-state index in [-0.39, 0.29) is 11.7 Å². The van der Waals surface area contributed by atoms with E-state index in [2.05, 4.69) is 0 Å². The monoisotopic (exact) mass is 347 g/mol. The van der Waals surface area contributed by atoms with E-state index >= 15 is 0 Å². The van der Waals surface area contributed by atoms with E-state index in [0.29, 0.717) is 19.9 Å². The van der Waals surface area contributed by atoms with Gasteiger partial charge in [-0.2, -0.15) is 0 Å². The van der Waals surface area contributed by atoms with Gasteiger partial charge in [-0.25, -0.2) is 0 Å². The van der Waals surface area contributed by atoms with Crippen molar-refractivity contribution in [2.24, 2.45) is 0 Å². The number of hydrogen-bond donors (Lipinski definition) is 1. The second kappa shape index (κ2) is 6.12. The number of thiocarbonyl (C=S) groups is 1. The Kier molecular flexibility index (Phi) is 4.20. The maximum atomic E-state index is 12.5. The second-order valence-electron chi connectivity index (χ2n) is 4.59. The van der Waals surface area contributed by atoms with Gasteiger partial charge in [-0.05, 0) is 48.0 Å². The summed E-state index contributed by atoms with van der Waals surface area (Å²) in [5.41, 5.74) is 1.52. The van der Waals surface area contributed by atoms with E-state index in [1.807, 2.05) is 0 Å². The second-order valence-corrected chi connectivity index (χ2v) is 6.70. The number of thioether (sulfide) groups is 1. The molecule has 0 radical (unpaired) electrons. The van der Waals surface area contributed by atoms with Gasteiger partial charge in [0.1, 0.15) is 5.75 Å². The third-order valence-corrected chi connectivity index (χ3v) is 4.62. The number of nitrogens with zero attached hydrogens (tertiary/aromatic N) is 1. The van der Waals surface area contributed by atoms with Crippen LogP contribution in [0.4, 0.5) is 5.69 Å². The summed E-state index contributed by atoms with van der Waals surface area (Å²) in [4.78, 5) is 14.6. The predicted molar refractivity (Wildman–Crippen MR) is 95.2 cm³/mol. The number of amides is 1. The van der Waals surface area contributed by atoms with Crippen molar-refractivity contribution in [1.82, 2.24) is 0 Å². The summed E-state index contributed by atoms with van der Waals surface area (Å²) in [6, 6.07) is 13.6. The van der Waals surface area contributed by atoms with Crippen LogP contribution in [-0.2, 0) is 4.79 Å². The van der Waals surface area contributed by atoms with Crippen molar-refractivity contribution in [2.45, 2.75) is 0 Å². The minimum Gasteiger partial charge on any atom is -0.508 e. The Morgan fingerprint density at radius 1 is 1.09 bits per heavy atom. The molecule has 6 heteroatoms. The van der Waals surface area contributed by atoms with Gasteiger partial charge in [-0.3, -0.25) is 9.69 Å². The molecule has 1 heterocycles. The Labute approximate surface area is 142 Å². The van der Waals surface area contributed by atoms with Crippen LogP contribution >= 0.6 is 35.6 Å². The third kappa shape index (κ3) is 3.02. The number of halogens is 1. The number of benzene rings is 2. The Balaban J connectivity index is 1.91. The summed E-state index contributed by atoms with van der Waals surface area (Å²) in [5, 5.41) is 9.90. The van der Waals surface area contributed by atoms with Crippen LogP contribution in [0.2, 0.25) is 5.02 Å². The lowest BCUT2D eigenvalue weighted by Gasteiger charge is -2.14. The molecule has 22 heavy (non-hydrogen) atoms. The number of carbonyl (C=O) groups is 1. The topological polar surface area (TPSA) is 40.5 Å². The van der Waals surface area contributed by atoms with E-state index < -0.39 is 0 Å². The number of aromatic hydroxyl groups is 1. The van der Waals surface area contributed by atoms with E-state index in [1.54, 1.807) is 54.6 Å². The van der Waals surface area contributed by atoms with Gasteiger partial charge in [-0.1, -0.05) is 47.7 Å². The first-order valence-electron chi connectivity index (χ1n) is 6.37. The van der Waals surface area contributed by atoms with E-state index in [4.69, 9.17) is 23.8 Å². The average Bonchev–Trinajstić information content (AvgIpc) is 2.77. The highest BCUT2D eigenvalue weighted by Gasteiger charge is 2.33. The fraction of sp³-hybridized carbons (Fsp3) is 0. The molecule has 1 saturated heterocycles. The van der Waals surface area contributed by atoms with Gasteiger partial charge in [0.05, 0.1) is 10.6 Å². The quantitative estimate of drug-likeness (QED) is 0.643. The molecular weight excluding hydrogens is 338 g/mol. The van der Waals surface area contributed by atoms with Crippen molar-refractivity contribution in [3.05, 3.63) is 64.0 Å². The Morgan fingerprint density at radius 2 is 1.73 bits per heavy atom. The van der Waals surface area contributed by atoms with Crippen molar-refractivity contribution in [2.75, 3.05) is 4.90 Å². The minimum absolute atomic E-state index is 0.162. The minimum atomic E-state index is -0.162. The van der Waals surface area contributed by atoms with E-state index in [9.17, 15) is 9.90 Å². The van der Waals surface area contributed by atoms with Crippen LogP contribution in [0.1, 0.15) is 5.56 Å². The number of hydrogen-bond acceptors (Lipinski definition) is 4. The molecule has 0 aliphatic carbocycles. The molecule has 2 aromatic carbocycles. The van der Waals surface area contributed by atoms with Gasteiger partial charge >= 0.3 is 0 Å². The maximum Gasteiger partial charge on any atom is 0.270 e. The van der Waals surface area contributed by atoms with Crippen molar-refractivity contribution < 1.29 is 9.90 Å². The van der Waals surface area contributed by atoms with E-state index in [1.165, 1.54) is 16.7 Å². The summed E-state index contributed by atoms with van der Waals surface area (Å²) < 4.78 is 0.484. The zero-order chi connectivity index (χ0) is 15.7. The molecule has 1 aliphatic heterocycles. The van der Waals surface area contributed by atoms with Gasteiger partial charge in [0.25, 0.3) is 5.91 Å². The maximum absolute atomic E-state index is 12.5. The molecule has 0 aromatic heterocycles. The molecule has 110 valence electrons. The summed E-state index contributed by atoms with van der Waals surface area (Å²) >= 11 is 12.4. The zero-order valence-corrected chi connectivity index (χ0v) is 13.6. The molecule has 1 N–H and O–H groups in total. The van der Waals surface area contributed by atoms with Crippen LogP contribution in [0.15, 0.2) is 53.4 Å². The van der Waals surface area contributed by atoms with Gasteiger partial charge in [0.2, 0.25) is 0 Å². The summed E-state index contributed by atoms with van der Waals surface area (Å²) in [5.74, 6) is 0.0243. The van der Waals surface area contributed by atoms with Crippen molar-refractivity contribution in [3.63, 3.8) is 0 Å². The Morgan fingerprint density at radius 3 is 2.36 bits per heavy atom. The number of anilines is 1. The van der Waals surface area contributed by atoms with Crippen molar-refractivity contribution in [3.8, 4) is 5.75 Å². The summed E-state index contributed by atoms with van der Waals surface area (Å²) in [6.45, 7) is 0. The number of rotatable bonds is 2. The highest BCUT2D eigenvalue weighted by Crippen LogP contribution is 2.36. The highest BCUT2D eigenvalue weighted by molar-refractivity contribution is 8.27. The first-order valence-corrected chi connectivity index (χ1v) is 7.97. The molecule has 1 fully saturated rings. The summed E-state index contributed by atoms with van der Waals surface area (Å²) in [7, 11) is 0. The van der Waals surface area contributed by atoms with Gasteiger partial charge in [-0.15, -0.1) is 0 Å². The molecule has 0 saturated carbocycles. The smallest absolute Gasteiger partial charge is 0.270 e. The third-order valence-electron chi connectivity index (χ3n) is 3.07. The molecule has 0 unspecified atom stereocenters. The van der Waals surface area contributed by atoms with Crippen molar-refractivity contribution in [1.29, 1.82) is 0 Å². The molecular formula is C16H10ClNO2S2. The fourth-order valence-electron chi connectivity index (χ4n) is 2.00. The molecule has 0 bridgehead atoms. The Bertz CT molecular complexity index is 770. The average molecular weight is 348 g/mol. The molecule has 0 atom stereocenters. The molecule has 3 nitrogen and oxygen atoms in total. The van der Waals surface area contributed by atoms with Crippen LogP contribution in [-0.4, -0.2) is 15.3 Å². The summed E-state index contributed by atoms with van der Waals surface area (Å²) in [6.07, 6.45) is 1.76. The first kappa shape index (κ1) is 15.1. The molecule has 1 aliphatic rings. The van der Waals surface area contributed by atoms with Crippen LogP contribution in [0.25, 0.3) is 6.08 Å². The number of phenols is 1. The largest absolute Gasteiger partial charge is 0.508 e. The lowest BCUT2D eigenvalue weighted by Crippen LogP contribution is -2.27. The number of carbonyl (C=O) groups excluding carboxylic acids is 1. The van der Waals surface area contributed by atoms with Gasteiger partial charge < -0.3 is 5.11 Å².